The molecular formula is C24H27FN4O2. The molecule has 7 heteroatoms. The maximum atomic E-state index is 14.3. The smallest absolute Gasteiger partial charge is 0.270 e. The van der Waals surface area contributed by atoms with Crippen molar-refractivity contribution in [2.45, 2.75) is 13.3 Å². The van der Waals surface area contributed by atoms with E-state index >= 15 is 0 Å². The van der Waals surface area contributed by atoms with Gasteiger partial charge in [0.25, 0.3) is 5.91 Å². The van der Waals surface area contributed by atoms with Crippen molar-refractivity contribution in [3.05, 3.63) is 71.7 Å². The van der Waals surface area contributed by atoms with E-state index in [0.29, 0.717) is 23.5 Å². The van der Waals surface area contributed by atoms with Gasteiger partial charge in [0, 0.05) is 25.2 Å². The summed E-state index contributed by atoms with van der Waals surface area (Å²) in [6, 6.07) is 15.8. The number of aryl methyl sites for hydroxylation is 1. The molecular weight excluding hydrogens is 395 g/mol. The Bertz CT molecular complexity index is 1030. The van der Waals surface area contributed by atoms with Crippen LogP contribution in [-0.2, 0) is 4.74 Å². The number of nitrogens with zero attached hydrogens (tertiary/aromatic N) is 3. The number of carbonyl (C=O) groups excluding carboxylic acids is 1. The topological polar surface area (TPSA) is 59.4 Å². The third-order valence-corrected chi connectivity index (χ3v) is 5.41. The van der Waals surface area contributed by atoms with Crippen LogP contribution in [0.3, 0.4) is 0 Å². The molecule has 0 aliphatic carbocycles. The molecule has 1 N–H and O–H groups in total. The molecule has 1 aromatic heterocycles. The van der Waals surface area contributed by atoms with Crippen LogP contribution in [0.4, 0.5) is 4.39 Å². The van der Waals surface area contributed by atoms with Crippen molar-refractivity contribution >= 4 is 5.91 Å². The molecule has 0 bridgehead atoms. The normalized spacial score (nSPS) is 14.5. The molecule has 162 valence electrons. The van der Waals surface area contributed by atoms with E-state index in [2.05, 4.69) is 15.3 Å². The molecule has 0 radical (unpaired) electrons. The highest BCUT2D eigenvalue weighted by Crippen LogP contribution is 2.24. The minimum absolute atomic E-state index is 0.224. The third kappa shape index (κ3) is 5.18. The fourth-order valence-electron chi connectivity index (χ4n) is 3.65. The van der Waals surface area contributed by atoms with Crippen LogP contribution in [0.5, 0.6) is 0 Å². The molecule has 1 aliphatic heterocycles. The Labute approximate surface area is 181 Å². The van der Waals surface area contributed by atoms with Crippen LogP contribution in [0.25, 0.3) is 16.9 Å². The Balaban J connectivity index is 1.52. The zero-order valence-corrected chi connectivity index (χ0v) is 17.7. The molecule has 1 fully saturated rings. The van der Waals surface area contributed by atoms with E-state index in [0.717, 1.165) is 50.5 Å². The predicted molar refractivity (Wildman–Crippen MR) is 118 cm³/mol. The molecule has 2 aromatic carbocycles. The van der Waals surface area contributed by atoms with Crippen molar-refractivity contribution < 1.29 is 13.9 Å². The van der Waals surface area contributed by atoms with E-state index in [1.54, 1.807) is 28.9 Å². The fraction of sp³-hybridized carbons (Fsp3) is 0.333. The molecule has 0 spiro atoms. The molecule has 1 saturated heterocycles. The zero-order valence-electron chi connectivity index (χ0n) is 17.7. The first-order valence-corrected chi connectivity index (χ1v) is 10.6. The number of hydrogen-bond donors (Lipinski definition) is 1. The molecule has 2 heterocycles. The fourth-order valence-corrected chi connectivity index (χ4v) is 3.65. The van der Waals surface area contributed by atoms with E-state index in [-0.39, 0.29) is 11.7 Å². The van der Waals surface area contributed by atoms with Gasteiger partial charge in [-0.25, -0.2) is 9.07 Å². The number of ether oxygens (including phenoxy) is 1. The number of carbonyl (C=O) groups is 1. The lowest BCUT2D eigenvalue weighted by Crippen LogP contribution is -2.38. The molecule has 6 nitrogen and oxygen atoms in total. The number of halogens is 1. The summed E-state index contributed by atoms with van der Waals surface area (Å²) in [4.78, 5) is 15.3. The number of amides is 1. The van der Waals surface area contributed by atoms with Gasteiger partial charge in [0.2, 0.25) is 0 Å². The summed E-state index contributed by atoms with van der Waals surface area (Å²) in [6.07, 6.45) is 0.852. The van der Waals surface area contributed by atoms with Crippen molar-refractivity contribution in [2.75, 3.05) is 39.4 Å². The van der Waals surface area contributed by atoms with Crippen LogP contribution in [0, 0.1) is 12.7 Å². The first-order chi connectivity index (χ1) is 15.1. The van der Waals surface area contributed by atoms with E-state index in [1.165, 1.54) is 6.07 Å². The Morgan fingerprint density at radius 3 is 2.61 bits per heavy atom. The van der Waals surface area contributed by atoms with Crippen LogP contribution < -0.4 is 5.32 Å². The van der Waals surface area contributed by atoms with Crippen LogP contribution >= 0.6 is 0 Å². The van der Waals surface area contributed by atoms with Gasteiger partial charge in [0.15, 0.2) is 0 Å². The standard InChI is InChI=1S/C24H27FN4O2/c1-18-7-9-19(10-8-18)29-23(17-22(27-29)20-5-2-3-6-21(20)25)24(30)26-11-4-12-28-13-15-31-16-14-28/h2-3,5-10,17H,4,11-16H2,1H3,(H,26,30). The van der Waals surface area contributed by atoms with Gasteiger partial charge in [-0.15, -0.1) is 0 Å². The molecule has 1 amide bonds. The Morgan fingerprint density at radius 2 is 1.87 bits per heavy atom. The Hall–Kier alpha value is -3.03. The molecule has 0 saturated carbocycles. The van der Waals surface area contributed by atoms with Crippen molar-refractivity contribution in [3.8, 4) is 16.9 Å². The highest BCUT2D eigenvalue weighted by molar-refractivity contribution is 5.94. The summed E-state index contributed by atoms with van der Waals surface area (Å²) in [5.74, 6) is -0.592. The van der Waals surface area contributed by atoms with Crippen molar-refractivity contribution in [2.24, 2.45) is 0 Å². The average Bonchev–Trinajstić information content (AvgIpc) is 3.23. The molecule has 0 unspecified atom stereocenters. The first kappa shape index (κ1) is 21.2. The van der Waals surface area contributed by atoms with E-state index in [4.69, 9.17) is 4.74 Å². The lowest BCUT2D eigenvalue weighted by atomic mass is 10.1. The predicted octanol–water partition coefficient (Wildman–Crippen LogP) is 3.44. The minimum atomic E-state index is -0.367. The highest BCUT2D eigenvalue weighted by Gasteiger charge is 2.19. The monoisotopic (exact) mass is 422 g/mol. The van der Waals surface area contributed by atoms with Crippen molar-refractivity contribution in [1.82, 2.24) is 20.0 Å². The second-order valence-electron chi connectivity index (χ2n) is 7.71. The summed E-state index contributed by atoms with van der Waals surface area (Å²) in [5, 5.41) is 7.55. The highest BCUT2D eigenvalue weighted by atomic mass is 19.1. The molecule has 4 rings (SSSR count). The van der Waals surface area contributed by atoms with Crippen LogP contribution in [-0.4, -0.2) is 60.0 Å². The number of rotatable bonds is 7. The Kier molecular flexibility index (Phi) is 6.74. The maximum Gasteiger partial charge on any atom is 0.270 e. The first-order valence-electron chi connectivity index (χ1n) is 10.6. The molecule has 3 aromatic rings. The summed E-state index contributed by atoms with van der Waals surface area (Å²) in [6.45, 7) is 6.87. The summed E-state index contributed by atoms with van der Waals surface area (Å²) < 4.78 is 21.3. The second-order valence-corrected chi connectivity index (χ2v) is 7.71. The lowest BCUT2D eigenvalue weighted by molar-refractivity contribution is 0.0374. The van der Waals surface area contributed by atoms with E-state index in [1.807, 2.05) is 31.2 Å². The summed E-state index contributed by atoms with van der Waals surface area (Å²) in [7, 11) is 0. The third-order valence-electron chi connectivity index (χ3n) is 5.41. The summed E-state index contributed by atoms with van der Waals surface area (Å²) >= 11 is 0. The number of aromatic nitrogens is 2. The van der Waals surface area contributed by atoms with E-state index in [9.17, 15) is 9.18 Å². The number of benzene rings is 2. The number of nitrogens with one attached hydrogen (secondary N) is 1. The SMILES string of the molecule is Cc1ccc(-n2nc(-c3ccccc3F)cc2C(=O)NCCCN2CCOCC2)cc1. The number of morpholine rings is 1. The van der Waals surface area contributed by atoms with Crippen LogP contribution in [0.2, 0.25) is 0 Å². The largest absolute Gasteiger partial charge is 0.379 e. The van der Waals surface area contributed by atoms with E-state index < -0.39 is 0 Å². The molecule has 31 heavy (non-hydrogen) atoms. The zero-order chi connectivity index (χ0) is 21.6. The van der Waals surface area contributed by atoms with Gasteiger partial charge in [-0.3, -0.25) is 9.69 Å². The van der Waals surface area contributed by atoms with Gasteiger partial charge in [0.05, 0.1) is 24.6 Å². The quantitative estimate of drug-likeness (QED) is 0.593. The summed E-state index contributed by atoms with van der Waals surface area (Å²) in [5.41, 5.74) is 3.05. The Morgan fingerprint density at radius 1 is 1.13 bits per heavy atom. The van der Waals surface area contributed by atoms with Gasteiger partial charge in [-0.2, -0.15) is 5.10 Å². The van der Waals surface area contributed by atoms with Gasteiger partial charge in [-0.05, 0) is 50.2 Å². The van der Waals surface area contributed by atoms with Gasteiger partial charge < -0.3 is 10.1 Å². The minimum Gasteiger partial charge on any atom is -0.379 e. The molecule has 1 aliphatic rings. The molecule has 0 atom stereocenters. The average molecular weight is 423 g/mol. The van der Waals surface area contributed by atoms with Crippen LogP contribution in [0.15, 0.2) is 54.6 Å². The van der Waals surface area contributed by atoms with Crippen molar-refractivity contribution in [1.29, 1.82) is 0 Å². The number of hydrogen-bond acceptors (Lipinski definition) is 4. The van der Waals surface area contributed by atoms with Gasteiger partial charge in [0.1, 0.15) is 11.5 Å². The van der Waals surface area contributed by atoms with Gasteiger partial charge in [-0.1, -0.05) is 29.8 Å². The van der Waals surface area contributed by atoms with Crippen molar-refractivity contribution in [3.63, 3.8) is 0 Å². The van der Waals surface area contributed by atoms with Crippen LogP contribution in [0.1, 0.15) is 22.5 Å². The lowest BCUT2D eigenvalue weighted by Gasteiger charge is -2.26. The second kappa shape index (κ2) is 9.85. The maximum absolute atomic E-state index is 14.3. The van der Waals surface area contributed by atoms with Gasteiger partial charge >= 0.3 is 0 Å².